The molecule has 0 saturated carbocycles. The Hall–Kier alpha value is -1.35. The SMILES string of the molecule is CCC(CC)(CN)C(=O)N(C)c1ccccc1C. The summed E-state index contributed by atoms with van der Waals surface area (Å²) in [5, 5.41) is 0. The Morgan fingerprint density at radius 1 is 1.28 bits per heavy atom. The highest BCUT2D eigenvalue weighted by Crippen LogP contribution is 2.30. The molecule has 0 aliphatic carbocycles. The Kier molecular flexibility index (Phi) is 4.91. The van der Waals surface area contributed by atoms with Crippen LogP contribution in [0.25, 0.3) is 0 Å². The third-order valence-electron chi connectivity index (χ3n) is 3.98. The molecule has 1 rings (SSSR count). The molecule has 3 nitrogen and oxygen atoms in total. The van der Waals surface area contributed by atoms with Crippen LogP contribution >= 0.6 is 0 Å². The summed E-state index contributed by atoms with van der Waals surface area (Å²) in [6.45, 7) is 6.47. The number of hydrogen-bond donors (Lipinski definition) is 1. The van der Waals surface area contributed by atoms with Crippen LogP contribution in [0.5, 0.6) is 0 Å². The van der Waals surface area contributed by atoms with Crippen molar-refractivity contribution in [2.45, 2.75) is 33.6 Å². The van der Waals surface area contributed by atoms with Crippen LogP contribution in [-0.4, -0.2) is 19.5 Å². The van der Waals surface area contributed by atoms with Crippen LogP contribution in [0.15, 0.2) is 24.3 Å². The highest BCUT2D eigenvalue weighted by Gasteiger charge is 2.36. The van der Waals surface area contributed by atoms with Gasteiger partial charge in [0.25, 0.3) is 0 Å². The largest absolute Gasteiger partial charge is 0.329 e. The molecule has 3 heteroatoms. The molecule has 0 bridgehead atoms. The Labute approximate surface area is 110 Å². The number of amides is 1. The first-order valence-corrected chi connectivity index (χ1v) is 6.56. The zero-order chi connectivity index (χ0) is 13.8. The smallest absolute Gasteiger partial charge is 0.234 e. The summed E-state index contributed by atoms with van der Waals surface area (Å²) in [6.07, 6.45) is 1.55. The van der Waals surface area contributed by atoms with E-state index in [1.165, 1.54) is 0 Å². The molecule has 0 radical (unpaired) electrons. The molecular formula is C15H24N2O. The number of aryl methyl sites for hydroxylation is 1. The van der Waals surface area contributed by atoms with Crippen molar-refractivity contribution in [2.24, 2.45) is 11.1 Å². The van der Waals surface area contributed by atoms with E-state index in [0.29, 0.717) is 6.54 Å². The zero-order valence-corrected chi connectivity index (χ0v) is 11.9. The predicted octanol–water partition coefficient (Wildman–Crippen LogP) is 2.72. The second-order valence-corrected chi connectivity index (χ2v) is 4.84. The van der Waals surface area contributed by atoms with E-state index < -0.39 is 5.41 Å². The van der Waals surface area contributed by atoms with Crippen LogP contribution < -0.4 is 10.6 Å². The van der Waals surface area contributed by atoms with Crippen molar-refractivity contribution in [1.29, 1.82) is 0 Å². The van der Waals surface area contributed by atoms with E-state index >= 15 is 0 Å². The van der Waals surface area contributed by atoms with Crippen molar-refractivity contribution in [3.8, 4) is 0 Å². The molecule has 1 amide bonds. The highest BCUT2D eigenvalue weighted by molar-refractivity contribution is 5.97. The Morgan fingerprint density at radius 3 is 2.28 bits per heavy atom. The van der Waals surface area contributed by atoms with Crippen LogP contribution in [0.3, 0.4) is 0 Å². The molecule has 0 aromatic heterocycles. The van der Waals surface area contributed by atoms with E-state index in [4.69, 9.17) is 5.73 Å². The standard InChI is InChI=1S/C15H24N2O/c1-5-15(6-2,11-16)14(18)17(4)13-10-8-7-9-12(13)3/h7-10H,5-6,11,16H2,1-4H3. The number of carbonyl (C=O) groups excluding carboxylic acids is 1. The van der Waals surface area contributed by atoms with Gasteiger partial charge in [-0.25, -0.2) is 0 Å². The third-order valence-corrected chi connectivity index (χ3v) is 3.98. The van der Waals surface area contributed by atoms with E-state index in [2.05, 4.69) is 0 Å². The number of para-hydroxylation sites is 1. The second kappa shape index (κ2) is 6.01. The first kappa shape index (κ1) is 14.7. The summed E-state index contributed by atoms with van der Waals surface area (Å²) in [4.78, 5) is 14.4. The van der Waals surface area contributed by atoms with Crippen molar-refractivity contribution in [2.75, 3.05) is 18.5 Å². The lowest BCUT2D eigenvalue weighted by Crippen LogP contribution is -2.46. The molecule has 1 aromatic carbocycles. The van der Waals surface area contributed by atoms with Gasteiger partial charge < -0.3 is 10.6 Å². The molecule has 0 aliphatic heterocycles. The average molecular weight is 248 g/mol. The topological polar surface area (TPSA) is 46.3 Å². The normalized spacial score (nSPS) is 11.4. The number of nitrogens with zero attached hydrogens (tertiary/aromatic N) is 1. The van der Waals surface area contributed by atoms with E-state index in [1.807, 2.05) is 52.1 Å². The van der Waals surface area contributed by atoms with Gasteiger partial charge in [0.2, 0.25) is 5.91 Å². The van der Waals surface area contributed by atoms with Crippen molar-refractivity contribution in [1.82, 2.24) is 0 Å². The van der Waals surface area contributed by atoms with Crippen molar-refractivity contribution in [3.63, 3.8) is 0 Å². The quantitative estimate of drug-likeness (QED) is 0.871. The minimum absolute atomic E-state index is 0.115. The molecule has 1 aromatic rings. The third kappa shape index (κ3) is 2.56. The Morgan fingerprint density at radius 2 is 1.83 bits per heavy atom. The van der Waals surface area contributed by atoms with Gasteiger partial charge >= 0.3 is 0 Å². The fraction of sp³-hybridized carbons (Fsp3) is 0.533. The molecule has 0 saturated heterocycles. The summed E-state index contributed by atoms with van der Waals surface area (Å²) in [6, 6.07) is 7.92. The van der Waals surface area contributed by atoms with E-state index in [9.17, 15) is 4.79 Å². The molecular weight excluding hydrogens is 224 g/mol. The molecule has 18 heavy (non-hydrogen) atoms. The zero-order valence-electron chi connectivity index (χ0n) is 11.9. The van der Waals surface area contributed by atoms with Crippen LogP contribution in [0.1, 0.15) is 32.3 Å². The van der Waals surface area contributed by atoms with Gasteiger partial charge in [0, 0.05) is 19.3 Å². The first-order valence-electron chi connectivity index (χ1n) is 6.56. The summed E-state index contributed by atoms with van der Waals surface area (Å²) in [5.41, 5.74) is 7.47. The van der Waals surface area contributed by atoms with Gasteiger partial charge in [0.15, 0.2) is 0 Å². The summed E-state index contributed by atoms with van der Waals surface area (Å²) in [5.74, 6) is 0.115. The van der Waals surface area contributed by atoms with Gasteiger partial charge in [-0.2, -0.15) is 0 Å². The fourth-order valence-corrected chi connectivity index (χ4v) is 2.33. The number of nitrogens with two attached hydrogens (primary N) is 1. The lowest BCUT2D eigenvalue weighted by Gasteiger charge is -2.33. The number of rotatable bonds is 5. The van der Waals surface area contributed by atoms with Crippen LogP contribution in [0.2, 0.25) is 0 Å². The van der Waals surface area contributed by atoms with Crippen molar-refractivity contribution >= 4 is 11.6 Å². The molecule has 0 fully saturated rings. The van der Waals surface area contributed by atoms with E-state index in [1.54, 1.807) is 4.90 Å². The van der Waals surface area contributed by atoms with Gasteiger partial charge in [-0.05, 0) is 31.4 Å². The van der Waals surface area contributed by atoms with E-state index in [-0.39, 0.29) is 5.91 Å². The average Bonchev–Trinajstić information content (AvgIpc) is 2.41. The number of hydrogen-bond acceptors (Lipinski definition) is 2. The maximum absolute atomic E-state index is 12.7. The molecule has 0 atom stereocenters. The van der Waals surface area contributed by atoms with Crippen LogP contribution in [0.4, 0.5) is 5.69 Å². The molecule has 0 heterocycles. The van der Waals surface area contributed by atoms with Gasteiger partial charge in [-0.3, -0.25) is 4.79 Å². The monoisotopic (exact) mass is 248 g/mol. The van der Waals surface area contributed by atoms with Gasteiger partial charge in [-0.1, -0.05) is 32.0 Å². The summed E-state index contributed by atoms with van der Waals surface area (Å²) >= 11 is 0. The second-order valence-electron chi connectivity index (χ2n) is 4.84. The maximum Gasteiger partial charge on any atom is 0.234 e. The minimum Gasteiger partial charge on any atom is -0.329 e. The number of anilines is 1. The molecule has 2 N–H and O–H groups in total. The molecule has 100 valence electrons. The summed E-state index contributed by atoms with van der Waals surface area (Å²) < 4.78 is 0. The maximum atomic E-state index is 12.7. The predicted molar refractivity (Wildman–Crippen MR) is 76.7 cm³/mol. The molecule has 0 unspecified atom stereocenters. The van der Waals surface area contributed by atoms with Gasteiger partial charge in [0.05, 0.1) is 5.41 Å². The van der Waals surface area contributed by atoms with Crippen LogP contribution in [0, 0.1) is 12.3 Å². The fourth-order valence-electron chi connectivity index (χ4n) is 2.33. The van der Waals surface area contributed by atoms with E-state index in [0.717, 1.165) is 24.1 Å². The lowest BCUT2D eigenvalue weighted by atomic mass is 9.81. The Balaban J connectivity index is 3.07. The van der Waals surface area contributed by atoms with Gasteiger partial charge in [-0.15, -0.1) is 0 Å². The molecule has 0 aliphatic rings. The lowest BCUT2D eigenvalue weighted by molar-refractivity contribution is -0.127. The van der Waals surface area contributed by atoms with Crippen molar-refractivity contribution in [3.05, 3.63) is 29.8 Å². The number of carbonyl (C=O) groups is 1. The Bertz CT molecular complexity index is 402. The highest BCUT2D eigenvalue weighted by atomic mass is 16.2. The number of benzene rings is 1. The van der Waals surface area contributed by atoms with Crippen LogP contribution in [-0.2, 0) is 4.79 Å². The minimum atomic E-state index is -0.434. The first-order chi connectivity index (χ1) is 8.52. The summed E-state index contributed by atoms with van der Waals surface area (Å²) in [7, 11) is 1.83. The molecule has 0 spiro atoms. The van der Waals surface area contributed by atoms with Gasteiger partial charge in [0.1, 0.15) is 0 Å². The van der Waals surface area contributed by atoms with Crippen molar-refractivity contribution < 1.29 is 4.79 Å².